The summed E-state index contributed by atoms with van der Waals surface area (Å²) in [5.41, 5.74) is 3.18. The fourth-order valence-corrected chi connectivity index (χ4v) is 3.36. The van der Waals surface area contributed by atoms with Crippen molar-refractivity contribution >= 4 is 0 Å². The average Bonchev–Trinajstić information content (AvgIpc) is 2.90. The number of rotatable bonds is 2. The highest BCUT2D eigenvalue weighted by molar-refractivity contribution is 5.34. The molecule has 2 bridgehead atoms. The van der Waals surface area contributed by atoms with Gasteiger partial charge in [-0.25, -0.2) is 0 Å². The number of benzene rings is 1. The molecule has 2 aliphatic rings. The summed E-state index contributed by atoms with van der Waals surface area (Å²) in [6.07, 6.45) is 8.84. The third-order valence-electron chi connectivity index (χ3n) is 4.11. The maximum Gasteiger partial charge on any atom is -0.00905 e. The molecule has 1 aromatic rings. The van der Waals surface area contributed by atoms with E-state index in [1.807, 2.05) is 0 Å². The van der Waals surface area contributed by atoms with E-state index in [1.54, 1.807) is 11.1 Å². The Hall–Kier alpha value is -1.04. The van der Waals surface area contributed by atoms with E-state index >= 15 is 0 Å². The maximum absolute atomic E-state index is 2.45. The van der Waals surface area contributed by atoms with Crippen LogP contribution in [0.3, 0.4) is 0 Å². The van der Waals surface area contributed by atoms with Crippen LogP contribution in [0.1, 0.15) is 36.8 Å². The van der Waals surface area contributed by atoms with Crippen LogP contribution in [0, 0.1) is 11.8 Å². The van der Waals surface area contributed by atoms with E-state index in [4.69, 9.17) is 0 Å². The molecule has 0 N–H and O–H groups in total. The molecule has 0 radical (unpaired) electrons. The minimum atomic E-state index is 0.816. The molecule has 0 nitrogen and oxygen atoms in total. The topological polar surface area (TPSA) is 0 Å². The molecule has 3 rings (SSSR count). The van der Waals surface area contributed by atoms with Crippen LogP contribution < -0.4 is 0 Å². The number of allylic oxidation sites excluding steroid dienone is 2. The van der Waals surface area contributed by atoms with Crippen LogP contribution in [0.2, 0.25) is 0 Å². The zero-order valence-corrected chi connectivity index (χ0v) is 9.32. The molecule has 0 amide bonds. The average molecular weight is 198 g/mol. The van der Waals surface area contributed by atoms with Crippen LogP contribution in [0.5, 0.6) is 0 Å². The van der Waals surface area contributed by atoms with Crippen molar-refractivity contribution in [2.24, 2.45) is 11.8 Å². The zero-order chi connectivity index (χ0) is 10.3. The third-order valence-corrected chi connectivity index (χ3v) is 4.11. The minimum Gasteiger partial charge on any atom is -0.0851 e. The van der Waals surface area contributed by atoms with Crippen molar-refractivity contribution in [3.63, 3.8) is 0 Å². The first-order valence-corrected chi connectivity index (χ1v) is 6.14. The molecule has 0 spiro atoms. The molecule has 2 aliphatic carbocycles. The normalized spacial score (nSPS) is 32.5. The van der Waals surface area contributed by atoms with E-state index in [1.165, 1.54) is 19.3 Å². The van der Waals surface area contributed by atoms with Gasteiger partial charge < -0.3 is 0 Å². The molecule has 1 fully saturated rings. The van der Waals surface area contributed by atoms with Gasteiger partial charge in [0.1, 0.15) is 0 Å². The Morgan fingerprint density at radius 2 is 2.00 bits per heavy atom. The Balaban J connectivity index is 1.96. The highest BCUT2D eigenvalue weighted by atomic mass is 14.4. The number of aryl methyl sites for hydroxylation is 1. The van der Waals surface area contributed by atoms with Crippen LogP contribution in [-0.4, -0.2) is 0 Å². The van der Waals surface area contributed by atoms with E-state index in [0.717, 1.165) is 17.8 Å². The molecule has 1 aromatic carbocycles. The molecule has 3 unspecified atom stereocenters. The smallest absolute Gasteiger partial charge is 0.00905 e. The zero-order valence-electron chi connectivity index (χ0n) is 9.32. The third kappa shape index (κ3) is 1.43. The molecular weight excluding hydrogens is 180 g/mol. The highest BCUT2D eigenvalue weighted by Crippen LogP contribution is 2.49. The second-order valence-electron chi connectivity index (χ2n) is 4.94. The summed E-state index contributed by atoms with van der Waals surface area (Å²) >= 11 is 0. The van der Waals surface area contributed by atoms with E-state index in [0.29, 0.717) is 0 Å². The predicted molar refractivity (Wildman–Crippen MR) is 63.9 cm³/mol. The van der Waals surface area contributed by atoms with Gasteiger partial charge in [-0.05, 0) is 48.1 Å². The Bertz CT molecular complexity index is 389. The van der Waals surface area contributed by atoms with Gasteiger partial charge in [-0.2, -0.15) is 0 Å². The number of fused-ring (bicyclic) bond motifs is 2. The minimum absolute atomic E-state index is 0.816. The van der Waals surface area contributed by atoms with Gasteiger partial charge in [0.2, 0.25) is 0 Å². The van der Waals surface area contributed by atoms with Gasteiger partial charge >= 0.3 is 0 Å². The Kier molecular flexibility index (Phi) is 2.16. The highest BCUT2D eigenvalue weighted by Gasteiger charge is 2.36. The fraction of sp³-hybridized carbons (Fsp3) is 0.467. The lowest BCUT2D eigenvalue weighted by molar-refractivity contribution is 0.581. The van der Waals surface area contributed by atoms with Gasteiger partial charge in [-0.15, -0.1) is 0 Å². The molecule has 0 aromatic heterocycles. The Morgan fingerprint density at radius 1 is 1.13 bits per heavy atom. The summed E-state index contributed by atoms with van der Waals surface area (Å²) in [6.45, 7) is 2.27. The van der Waals surface area contributed by atoms with Gasteiger partial charge in [0.15, 0.2) is 0 Å². The van der Waals surface area contributed by atoms with E-state index < -0.39 is 0 Å². The SMILES string of the molecule is CCc1ccccc1C1CC2C=CC1C2. The lowest BCUT2D eigenvalue weighted by Gasteiger charge is -2.21. The summed E-state index contributed by atoms with van der Waals surface area (Å²) in [5.74, 6) is 2.53. The number of hydrogen-bond donors (Lipinski definition) is 0. The monoisotopic (exact) mass is 198 g/mol. The van der Waals surface area contributed by atoms with Crippen molar-refractivity contribution in [1.82, 2.24) is 0 Å². The number of hydrogen-bond acceptors (Lipinski definition) is 0. The van der Waals surface area contributed by atoms with E-state index in [-0.39, 0.29) is 0 Å². The standard InChI is InChI=1S/C15H18/c1-2-12-5-3-4-6-14(12)15-10-11-7-8-13(15)9-11/h3-8,11,13,15H,2,9-10H2,1H3. The Morgan fingerprint density at radius 3 is 2.67 bits per heavy atom. The first-order valence-electron chi connectivity index (χ1n) is 6.14. The molecule has 0 aliphatic heterocycles. The summed E-state index contributed by atoms with van der Waals surface area (Å²) in [4.78, 5) is 0. The predicted octanol–water partition coefficient (Wildman–Crippen LogP) is 3.93. The molecule has 0 saturated heterocycles. The van der Waals surface area contributed by atoms with Crippen molar-refractivity contribution in [2.75, 3.05) is 0 Å². The van der Waals surface area contributed by atoms with Crippen molar-refractivity contribution in [3.8, 4) is 0 Å². The van der Waals surface area contributed by atoms with Crippen LogP contribution in [-0.2, 0) is 6.42 Å². The lowest BCUT2D eigenvalue weighted by atomic mass is 9.84. The van der Waals surface area contributed by atoms with Crippen LogP contribution in [0.4, 0.5) is 0 Å². The van der Waals surface area contributed by atoms with Gasteiger partial charge in [0.25, 0.3) is 0 Å². The summed E-state index contributed by atoms with van der Waals surface area (Å²) in [7, 11) is 0. The lowest BCUT2D eigenvalue weighted by Crippen LogP contribution is -2.07. The molecule has 1 saturated carbocycles. The summed E-state index contributed by atoms with van der Waals surface area (Å²) in [6, 6.07) is 9.01. The van der Waals surface area contributed by atoms with Crippen LogP contribution in [0.15, 0.2) is 36.4 Å². The molecular formula is C15H18. The molecule has 0 heteroatoms. The van der Waals surface area contributed by atoms with E-state index in [9.17, 15) is 0 Å². The molecule has 15 heavy (non-hydrogen) atoms. The quantitative estimate of drug-likeness (QED) is 0.632. The van der Waals surface area contributed by atoms with E-state index in [2.05, 4.69) is 43.3 Å². The van der Waals surface area contributed by atoms with Crippen molar-refractivity contribution in [1.29, 1.82) is 0 Å². The molecule has 3 atom stereocenters. The van der Waals surface area contributed by atoms with Gasteiger partial charge in [-0.1, -0.05) is 43.3 Å². The first kappa shape index (κ1) is 9.21. The summed E-state index contributed by atoms with van der Waals surface area (Å²) < 4.78 is 0. The molecule has 0 heterocycles. The Labute approximate surface area is 92.0 Å². The second kappa shape index (κ2) is 3.52. The van der Waals surface area contributed by atoms with Crippen molar-refractivity contribution in [2.45, 2.75) is 32.1 Å². The first-order chi connectivity index (χ1) is 7.38. The van der Waals surface area contributed by atoms with Crippen molar-refractivity contribution in [3.05, 3.63) is 47.5 Å². The van der Waals surface area contributed by atoms with Crippen LogP contribution in [0.25, 0.3) is 0 Å². The molecule has 78 valence electrons. The van der Waals surface area contributed by atoms with Gasteiger partial charge in [-0.3, -0.25) is 0 Å². The van der Waals surface area contributed by atoms with Gasteiger partial charge in [0.05, 0.1) is 0 Å². The summed E-state index contributed by atoms with van der Waals surface area (Å²) in [5, 5.41) is 0. The largest absolute Gasteiger partial charge is 0.0851 e. The second-order valence-corrected chi connectivity index (χ2v) is 4.94. The fourth-order valence-electron chi connectivity index (χ4n) is 3.36. The van der Waals surface area contributed by atoms with Gasteiger partial charge in [0, 0.05) is 0 Å². The maximum atomic E-state index is 2.45. The van der Waals surface area contributed by atoms with Crippen molar-refractivity contribution < 1.29 is 0 Å². The van der Waals surface area contributed by atoms with Crippen LogP contribution >= 0.6 is 0 Å².